The number of carbonyl (C=O) groups is 1. The highest BCUT2D eigenvalue weighted by molar-refractivity contribution is 14.0. The van der Waals surface area contributed by atoms with E-state index >= 15 is 0 Å². The van der Waals surface area contributed by atoms with E-state index in [0.717, 1.165) is 11.5 Å². The lowest BCUT2D eigenvalue weighted by Crippen LogP contribution is -2.36. The molecule has 0 aromatic heterocycles. The third-order valence-electron chi connectivity index (χ3n) is 3.86. The SMILES string of the molecule is CCOC(=O)c1ccc(CNC(=NC)NCc2ccccc2C)cc1.I. The highest BCUT2D eigenvalue weighted by Crippen LogP contribution is 2.07. The van der Waals surface area contributed by atoms with Crippen LogP contribution in [0, 0.1) is 6.92 Å². The Labute approximate surface area is 172 Å². The van der Waals surface area contributed by atoms with Crippen molar-refractivity contribution in [3.8, 4) is 0 Å². The van der Waals surface area contributed by atoms with Gasteiger partial charge < -0.3 is 15.4 Å². The van der Waals surface area contributed by atoms with Crippen LogP contribution in [0.2, 0.25) is 0 Å². The molecule has 0 fully saturated rings. The summed E-state index contributed by atoms with van der Waals surface area (Å²) in [7, 11) is 1.75. The molecule has 6 heteroatoms. The van der Waals surface area contributed by atoms with Gasteiger partial charge in [-0.2, -0.15) is 0 Å². The van der Waals surface area contributed by atoms with Crippen LogP contribution >= 0.6 is 24.0 Å². The first-order valence-corrected chi connectivity index (χ1v) is 8.39. The minimum absolute atomic E-state index is 0. The molecule has 0 aliphatic heterocycles. The van der Waals surface area contributed by atoms with E-state index in [4.69, 9.17) is 4.74 Å². The van der Waals surface area contributed by atoms with Crippen molar-refractivity contribution in [2.75, 3.05) is 13.7 Å². The fraction of sp³-hybridized carbons (Fsp3) is 0.300. The molecule has 5 nitrogen and oxygen atoms in total. The van der Waals surface area contributed by atoms with Gasteiger partial charge in [-0.25, -0.2) is 4.79 Å². The van der Waals surface area contributed by atoms with E-state index in [9.17, 15) is 4.79 Å². The van der Waals surface area contributed by atoms with Crippen molar-refractivity contribution < 1.29 is 9.53 Å². The Morgan fingerprint density at radius 3 is 2.31 bits per heavy atom. The molecule has 0 aliphatic carbocycles. The van der Waals surface area contributed by atoms with Gasteiger partial charge in [-0.3, -0.25) is 4.99 Å². The number of nitrogens with zero attached hydrogens (tertiary/aromatic N) is 1. The Hall–Kier alpha value is -2.09. The Morgan fingerprint density at radius 1 is 1.04 bits per heavy atom. The molecule has 2 rings (SSSR count). The second kappa shape index (κ2) is 11.5. The van der Waals surface area contributed by atoms with Crippen molar-refractivity contribution in [2.24, 2.45) is 4.99 Å². The first-order chi connectivity index (χ1) is 12.1. The zero-order chi connectivity index (χ0) is 18.1. The quantitative estimate of drug-likeness (QED) is 0.295. The van der Waals surface area contributed by atoms with Crippen molar-refractivity contribution in [3.05, 3.63) is 70.8 Å². The van der Waals surface area contributed by atoms with Gasteiger partial charge in [0.2, 0.25) is 0 Å². The van der Waals surface area contributed by atoms with Crippen molar-refractivity contribution in [2.45, 2.75) is 26.9 Å². The number of hydrogen-bond donors (Lipinski definition) is 2. The third kappa shape index (κ3) is 6.67. The molecule has 2 N–H and O–H groups in total. The summed E-state index contributed by atoms with van der Waals surface area (Å²) in [6, 6.07) is 15.6. The molecule has 0 saturated carbocycles. The summed E-state index contributed by atoms with van der Waals surface area (Å²) in [5.74, 6) is 0.440. The van der Waals surface area contributed by atoms with Gasteiger partial charge in [0.25, 0.3) is 0 Å². The Bertz CT molecular complexity index is 730. The minimum Gasteiger partial charge on any atom is -0.462 e. The molecule has 0 heterocycles. The molecule has 0 spiro atoms. The number of esters is 1. The van der Waals surface area contributed by atoms with Crippen molar-refractivity contribution >= 4 is 35.9 Å². The van der Waals surface area contributed by atoms with Crippen LogP contribution in [0.5, 0.6) is 0 Å². The van der Waals surface area contributed by atoms with Gasteiger partial charge in [0.1, 0.15) is 0 Å². The summed E-state index contributed by atoms with van der Waals surface area (Å²) >= 11 is 0. The summed E-state index contributed by atoms with van der Waals surface area (Å²) in [5, 5.41) is 6.58. The molecule has 2 aromatic rings. The lowest BCUT2D eigenvalue weighted by atomic mass is 10.1. The maximum atomic E-state index is 11.6. The molecule has 0 unspecified atom stereocenters. The van der Waals surface area contributed by atoms with Crippen LogP contribution < -0.4 is 10.6 Å². The third-order valence-corrected chi connectivity index (χ3v) is 3.86. The first kappa shape index (κ1) is 22.0. The molecule has 0 radical (unpaired) electrons. The average molecular weight is 467 g/mol. The van der Waals surface area contributed by atoms with E-state index in [-0.39, 0.29) is 29.9 Å². The van der Waals surface area contributed by atoms with E-state index in [2.05, 4.69) is 34.7 Å². The van der Waals surface area contributed by atoms with Gasteiger partial charge >= 0.3 is 5.97 Å². The summed E-state index contributed by atoms with van der Waals surface area (Å²) in [5.41, 5.74) is 4.11. The number of ether oxygens (including phenoxy) is 1. The Morgan fingerprint density at radius 2 is 1.69 bits per heavy atom. The van der Waals surface area contributed by atoms with Crippen LogP contribution in [0.25, 0.3) is 0 Å². The van der Waals surface area contributed by atoms with E-state index in [0.29, 0.717) is 25.3 Å². The number of aryl methyl sites for hydroxylation is 1. The normalized spacial score (nSPS) is 10.7. The molecule has 0 saturated heterocycles. The topological polar surface area (TPSA) is 62.7 Å². The molecule has 2 aromatic carbocycles. The maximum Gasteiger partial charge on any atom is 0.338 e. The molecular formula is C20H26IN3O2. The predicted octanol–water partition coefficient (Wildman–Crippen LogP) is 3.65. The van der Waals surface area contributed by atoms with Gasteiger partial charge in [0.05, 0.1) is 12.2 Å². The summed E-state index contributed by atoms with van der Waals surface area (Å²) in [6.45, 7) is 5.61. The zero-order valence-electron chi connectivity index (χ0n) is 15.4. The smallest absolute Gasteiger partial charge is 0.338 e. The Kier molecular flexibility index (Phi) is 9.72. The molecule has 0 atom stereocenters. The number of halogens is 1. The zero-order valence-corrected chi connectivity index (χ0v) is 17.7. The summed E-state index contributed by atoms with van der Waals surface area (Å²) in [4.78, 5) is 15.9. The fourth-order valence-electron chi connectivity index (χ4n) is 2.37. The highest BCUT2D eigenvalue weighted by atomic mass is 127. The molecule has 0 amide bonds. The monoisotopic (exact) mass is 467 g/mol. The highest BCUT2D eigenvalue weighted by Gasteiger charge is 2.06. The number of aliphatic imine (C=N–C) groups is 1. The second-order valence-electron chi connectivity index (χ2n) is 5.62. The summed E-state index contributed by atoms with van der Waals surface area (Å²) in [6.07, 6.45) is 0. The van der Waals surface area contributed by atoms with Gasteiger partial charge in [0, 0.05) is 20.1 Å². The standard InChI is InChI=1S/C20H25N3O2.HI/c1-4-25-19(24)17-11-9-16(10-12-17)13-22-20(21-3)23-14-18-8-6-5-7-15(18)2;/h5-12H,4,13-14H2,1-3H3,(H2,21,22,23);1H. The number of rotatable bonds is 6. The van der Waals surface area contributed by atoms with Crippen LogP contribution in [0.3, 0.4) is 0 Å². The van der Waals surface area contributed by atoms with Gasteiger partial charge in [0.15, 0.2) is 5.96 Å². The maximum absolute atomic E-state index is 11.6. The molecule has 0 bridgehead atoms. The number of nitrogens with one attached hydrogen (secondary N) is 2. The summed E-state index contributed by atoms with van der Waals surface area (Å²) < 4.78 is 4.98. The number of benzene rings is 2. The fourth-order valence-corrected chi connectivity index (χ4v) is 2.37. The number of hydrogen-bond acceptors (Lipinski definition) is 3. The number of carbonyl (C=O) groups excluding carboxylic acids is 1. The van der Waals surface area contributed by atoms with Gasteiger partial charge in [-0.1, -0.05) is 36.4 Å². The Balaban J connectivity index is 0.00000338. The molecular weight excluding hydrogens is 441 g/mol. The second-order valence-corrected chi connectivity index (χ2v) is 5.62. The van der Waals surface area contributed by atoms with Crippen molar-refractivity contribution in [1.29, 1.82) is 0 Å². The van der Waals surface area contributed by atoms with E-state index in [1.807, 2.05) is 24.3 Å². The number of guanidine groups is 1. The van der Waals surface area contributed by atoms with Crippen molar-refractivity contribution in [3.63, 3.8) is 0 Å². The lowest BCUT2D eigenvalue weighted by Gasteiger charge is -2.13. The van der Waals surface area contributed by atoms with Crippen LogP contribution in [-0.4, -0.2) is 25.6 Å². The van der Waals surface area contributed by atoms with E-state index in [1.165, 1.54) is 11.1 Å². The van der Waals surface area contributed by atoms with Gasteiger partial charge in [-0.05, 0) is 42.7 Å². The van der Waals surface area contributed by atoms with Gasteiger partial charge in [-0.15, -0.1) is 24.0 Å². The van der Waals surface area contributed by atoms with E-state index < -0.39 is 0 Å². The largest absolute Gasteiger partial charge is 0.462 e. The van der Waals surface area contributed by atoms with Crippen LogP contribution in [0.4, 0.5) is 0 Å². The molecule has 140 valence electrons. The van der Waals surface area contributed by atoms with E-state index in [1.54, 1.807) is 26.1 Å². The van der Waals surface area contributed by atoms with Crippen molar-refractivity contribution in [1.82, 2.24) is 10.6 Å². The van der Waals surface area contributed by atoms with Crippen LogP contribution in [0.1, 0.15) is 34.0 Å². The predicted molar refractivity (Wildman–Crippen MR) is 116 cm³/mol. The molecule has 0 aliphatic rings. The molecule has 26 heavy (non-hydrogen) atoms. The average Bonchev–Trinajstić information content (AvgIpc) is 2.64. The van der Waals surface area contributed by atoms with Crippen LogP contribution in [0.15, 0.2) is 53.5 Å². The first-order valence-electron chi connectivity index (χ1n) is 8.39. The van der Waals surface area contributed by atoms with Crippen LogP contribution in [-0.2, 0) is 17.8 Å². The lowest BCUT2D eigenvalue weighted by molar-refractivity contribution is 0.0526. The minimum atomic E-state index is -0.294.